The first-order chi connectivity index (χ1) is 36.2. The number of methoxy groups -OCH3 is 1. The van der Waals surface area contributed by atoms with Gasteiger partial charge in [-0.1, -0.05) is 6.92 Å². The largest absolute Gasteiger partial charge is 0.463 e. The molecule has 75 heavy (non-hydrogen) atoms. The molecule has 0 saturated carbocycles. The van der Waals surface area contributed by atoms with E-state index in [1.54, 1.807) is 32.9 Å². The molecular formula is C48H92N4O23. The van der Waals surface area contributed by atoms with Crippen LogP contribution < -0.4 is 16.4 Å². The van der Waals surface area contributed by atoms with Crippen molar-refractivity contribution in [3.8, 4) is 0 Å². The zero-order valence-corrected chi connectivity index (χ0v) is 44.9. The zero-order chi connectivity index (χ0) is 55.0. The fourth-order valence-corrected chi connectivity index (χ4v) is 8.50. The lowest BCUT2D eigenvalue weighted by molar-refractivity contribution is -0.351. The van der Waals surface area contributed by atoms with Gasteiger partial charge in [0.2, 0.25) is 5.91 Å². The Morgan fingerprint density at radius 3 is 1.51 bits per heavy atom. The van der Waals surface area contributed by atoms with E-state index in [2.05, 4.69) is 10.6 Å². The number of aliphatic hydroxyl groups is 6. The first kappa shape index (κ1) is 67.3. The number of carbonyl (C=O) groups is 2. The van der Waals surface area contributed by atoms with E-state index in [0.717, 1.165) is 0 Å². The predicted molar refractivity (Wildman–Crippen MR) is 263 cm³/mol. The van der Waals surface area contributed by atoms with Crippen molar-refractivity contribution >= 4 is 11.9 Å². The van der Waals surface area contributed by atoms with Crippen LogP contribution in [-0.2, 0) is 80.6 Å². The number of nitrogens with zero attached hydrogens (tertiary/aromatic N) is 1. The summed E-state index contributed by atoms with van der Waals surface area (Å²) in [5, 5.41) is 71.2. The lowest BCUT2D eigenvalue weighted by Crippen LogP contribution is -2.70. The van der Waals surface area contributed by atoms with Gasteiger partial charge in [0.25, 0.3) is 0 Å². The molecule has 1 amide bonds. The van der Waals surface area contributed by atoms with Crippen LogP contribution in [0.25, 0.3) is 0 Å². The molecule has 3 aliphatic heterocycles. The summed E-state index contributed by atoms with van der Waals surface area (Å²) in [4.78, 5) is 26.5. The van der Waals surface area contributed by atoms with Gasteiger partial charge in [-0.3, -0.25) is 14.5 Å². The summed E-state index contributed by atoms with van der Waals surface area (Å²) in [6.45, 7) is 12.6. The maximum atomic E-state index is 12.5. The number of nitrogens with one attached hydrogen (secondary N) is 2. The summed E-state index contributed by atoms with van der Waals surface area (Å²) in [6, 6.07) is -3.45. The first-order valence-electron chi connectivity index (χ1n) is 26.1. The molecule has 3 saturated heterocycles. The van der Waals surface area contributed by atoms with Gasteiger partial charge < -0.3 is 118 Å². The number of ether oxygens (including phenoxy) is 15. The van der Waals surface area contributed by atoms with E-state index in [1.807, 2.05) is 6.92 Å². The highest BCUT2D eigenvalue weighted by Crippen LogP contribution is 2.35. The Hall–Kier alpha value is -1.98. The second kappa shape index (κ2) is 39.4. The molecule has 10 N–H and O–H groups in total. The van der Waals surface area contributed by atoms with E-state index in [1.165, 1.54) is 6.92 Å². The van der Waals surface area contributed by atoms with Gasteiger partial charge in [-0.25, -0.2) is 0 Å². The van der Waals surface area contributed by atoms with Crippen LogP contribution in [0.15, 0.2) is 0 Å². The predicted octanol–water partition coefficient (Wildman–Crippen LogP) is -4.49. The monoisotopic (exact) mass is 1090 g/mol. The number of hydrogen-bond donors (Lipinski definition) is 9. The molecule has 0 radical (unpaired) electrons. The Labute approximate surface area is 441 Å². The second-order valence-corrected chi connectivity index (χ2v) is 18.5. The molecule has 0 aliphatic carbocycles. The fraction of sp³-hybridized carbons (Fsp3) is 0.958. The van der Waals surface area contributed by atoms with E-state index in [-0.39, 0.29) is 38.8 Å². The summed E-state index contributed by atoms with van der Waals surface area (Å²) < 4.78 is 84.6. The van der Waals surface area contributed by atoms with Crippen LogP contribution in [-0.4, -0.2) is 305 Å². The second-order valence-electron chi connectivity index (χ2n) is 18.5. The maximum Gasteiger partial charge on any atom is 0.307 e. The molecule has 0 spiro atoms. The summed E-state index contributed by atoms with van der Waals surface area (Å²) in [5.41, 5.74) is 6.22. The third kappa shape index (κ3) is 24.9. The number of hydrogen-bond acceptors (Lipinski definition) is 26. The van der Waals surface area contributed by atoms with Crippen LogP contribution in [0.2, 0.25) is 0 Å². The van der Waals surface area contributed by atoms with Crippen LogP contribution >= 0.6 is 0 Å². The highest BCUT2D eigenvalue weighted by atomic mass is 16.7. The molecule has 0 aromatic heterocycles. The Bertz CT molecular complexity index is 1470. The smallest absolute Gasteiger partial charge is 0.307 e. The number of aliphatic hydroxyl groups excluding tert-OH is 6. The molecular weight excluding hydrogens is 1000 g/mol. The summed E-state index contributed by atoms with van der Waals surface area (Å²) in [5.74, 6) is -1.56. The van der Waals surface area contributed by atoms with Gasteiger partial charge in [0.15, 0.2) is 12.6 Å². The number of likely N-dealkylation sites (N-methyl/N-ethyl adjacent to an activating group) is 1. The number of amides is 1. The molecule has 16 atom stereocenters. The standard InChI is InChI=1S/C48H92N4O23/c1-31(50-8-7-38(57)70-26-25-69-24-23-68-22-21-67-20-19-66-18-17-65-16-15-64-14-13-63-12-11-62-10-9-61-6)27-52(5)41-44(60)46(74-47-40(51-34(4)56)42(58)32(2)35(28-53)72-47)37(30-55)73-48(41)75-45-36(29-54)71-33(3)39(49)43(45)59/h31-33,35-37,39-48,50,53-55,58-60H,7-30,49H2,1-6H3,(H,51,56)/t31?,32-,33-,35?,36?,37?,39?,40?,41?,42-,43+,44+,45+,46+,47-,48-/m0/s1. The van der Waals surface area contributed by atoms with Gasteiger partial charge >= 0.3 is 5.97 Å². The van der Waals surface area contributed by atoms with Crippen molar-refractivity contribution in [2.45, 2.75) is 126 Å². The van der Waals surface area contributed by atoms with Crippen LogP contribution in [0.4, 0.5) is 0 Å². The van der Waals surface area contributed by atoms with E-state index >= 15 is 0 Å². The average molecular weight is 1090 g/mol. The van der Waals surface area contributed by atoms with E-state index in [4.69, 9.17) is 76.8 Å². The molecule has 3 fully saturated rings. The van der Waals surface area contributed by atoms with Crippen LogP contribution in [0.3, 0.4) is 0 Å². The third-order valence-electron chi connectivity index (χ3n) is 12.7. The highest BCUT2D eigenvalue weighted by Gasteiger charge is 2.54. The van der Waals surface area contributed by atoms with Crippen molar-refractivity contribution in [1.82, 2.24) is 15.5 Å². The van der Waals surface area contributed by atoms with Crippen molar-refractivity contribution in [3.05, 3.63) is 0 Å². The minimum Gasteiger partial charge on any atom is -0.463 e. The van der Waals surface area contributed by atoms with Crippen molar-refractivity contribution in [1.29, 1.82) is 0 Å². The number of carbonyl (C=O) groups excluding carboxylic acids is 2. The fourth-order valence-electron chi connectivity index (χ4n) is 8.50. The molecule has 3 aliphatic rings. The highest BCUT2D eigenvalue weighted by molar-refractivity contribution is 5.73. The van der Waals surface area contributed by atoms with Crippen LogP contribution in [0.5, 0.6) is 0 Å². The Balaban J connectivity index is 1.34. The molecule has 442 valence electrons. The topological polar surface area (TPSA) is 347 Å². The normalized spacial score (nSPS) is 30.7. The van der Waals surface area contributed by atoms with Gasteiger partial charge in [-0.05, 0) is 20.9 Å². The van der Waals surface area contributed by atoms with Gasteiger partial charge in [0.1, 0.15) is 49.3 Å². The molecule has 3 heterocycles. The molecule has 27 nitrogen and oxygen atoms in total. The number of nitrogens with two attached hydrogens (primary N) is 1. The molecule has 7 unspecified atom stereocenters. The minimum atomic E-state index is -1.53. The van der Waals surface area contributed by atoms with Gasteiger partial charge in [0.05, 0.1) is 169 Å². The van der Waals surface area contributed by atoms with Crippen molar-refractivity contribution in [2.75, 3.05) is 166 Å². The number of rotatable bonds is 42. The lowest BCUT2D eigenvalue weighted by atomic mass is 9.89. The zero-order valence-electron chi connectivity index (χ0n) is 44.9. The molecule has 3 rings (SSSR count). The molecule has 27 heteroatoms. The van der Waals surface area contributed by atoms with Crippen molar-refractivity contribution < 1.29 is 111 Å². The van der Waals surface area contributed by atoms with Crippen molar-refractivity contribution in [2.24, 2.45) is 11.7 Å². The SMILES string of the molecule is COCCOCCOCCOCCOCCOCCOCCOCCOCCOC(=O)CCNC(C)CN(C)C1[C@H](O[C@@H]2C(CO)O[C@@H](C)C(N)[C@H]2O)OC(CO)[C@@H](O[C@@H]2OC(CO)[C@H](C)[C@H](O)C2NC(C)=O)[C@@H]1O. The Morgan fingerprint density at radius 1 is 0.613 bits per heavy atom. The van der Waals surface area contributed by atoms with Gasteiger partial charge in [-0.2, -0.15) is 0 Å². The quantitative estimate of drug-likeness (QED) is 0.0206. The van der Waals surface area contributed by atoms with Gasteiger partial charge in [-0.15, -0.1) is 0 Å². The third-order valence-corrected chi connectivity index (χ3v) is 12.7. The van der Waals surface area contributed by atoms with E-state index < -0.39 is 123 Å². The Kier molecular flexibility index (Phi) is 35.4. The summed E-state index contributed by atoms with van der Waals surface area (Å²) in [7, 11) is 3.30. The van der Waals surface area contributed by atoms with Crippen molar-refractivity contribution in [3.63, 3.8) is 0 Å². The summed E-state index contributed by atoms with van der Waals surface area (Å²) in [6.07, 6.45) is -13.3. The summed E-state index contributed by atoms with van der Waals surface area (Å²) >= 11 is 0. The van der Waals surface area contributed by atoms with Crippen LogP contribution in [0, 0.1) is 5.92 Å². The Morgan fingerprint density at radius 2 is 1.04 bits per heavy atom. The first-order valence-corrected chi connectivity index (χ1v) is 26.1. The lowest BCUT2D eigenvalue weighted by Gasteiger charge is -2.51. The maximum absolute atomic E-state index is 12.5. The average Bonchev–Trinajstić information content (AvgIpc) is 3.38. The number of esters is 1. The van der Waals surface area contributed by atoms with Crippen LogP contribution in [0.1, 0.15) is 34.1 Å². The van der Waals surface area contributed by atoms with E-state index in [0.29, 0.717) is 106 Å². The molecule has 0 aromatic rings. The van der Waals surface area contributed by atoms with E-state index in [9.17, 15) is 40.2 Å². The van der Waals surface area contributed by atoms with Gasteiger partial charge in [0, 0.05) is 39.1 Å². The molecule has 0 aromatic carbocycles. The molecule has 0 bridgehead atoms. The minimum absolute atomic E-state index is 0.0440.